The zero-order chi connectivity index (χ0) is 12.8. The van der Waals surface area contributed by atoms with Crippen LogP contribution in [0.3, 0.4) is 0 Å². The van der Waals surface area contributed by atoms with E-state index in [0.717, 1.165) is 25.2 Å². The third kappa shape index (κ3) is 1.94. The minimum atomic E-state index is -0.862. The summed E-state index contributed by atoms with van der Waals surface area (Å²) in [6.07, 6.45) is 4.91. The second kappa shape index (κ2) is 4.24. The normalized spacial score (nSPS) is 51.4. The number of fused-ring (bicyclic) bond motifs is 1. The quantitative estimate of drug-likeness (QED) is 0.740. The molecule has 2 fully saturated rings. The molecule has 0 amide bonds. The van der Waals surface area contributed by atoms with Gasteiger partial charge in [-0.05, 0) is 42.4 Å². The third-order valence-corrected chi connectivity index (χ3v) is 5.67. The van der Waals surface area contributed by atoms with Gasteiger partial charge in [0, 0.05) is 0 Å². The van der Waals surface area contributed by atoms with Crippen LogP contribution in [0.5, 0.6) is 0 Å². The lowest BCUT2D eigenvalue weighted by Gasteiger charge is -2.40. The summed E-state index contributed by atoms with van der Waals surface area (Å²) in [6, 6.07) is 0. The second-order valence-corrected chi connectivity index (χ2v) is 7.19. The molecule has 0 aromatic heterocycles. The molecule has 0 bridgehead atoms. The van der Waals surface area contributed by atoms with Crippen molar-refractivity contribution >= 4 is 0 Å². The van der Waals surface area contributed by atoms with Crippen molar-refractivity contribution in [1.29, 1.82) is 0 Å². The van der Waals surface area contributed by atoms with Crippen LogP contribution in [-0.4, -0.2) is 21.9 Å². The highest BCUT2D eigenvalue weighted by Gasteiger charge is 2.60. The van der Waals surface area contributed by atoms with E-state index in [1.165, 1.54) is 12.8 Å². The van der Waals surface area contributed by atoms with Gasteiger partial charge in [0.15, 0.2) is 0 Å². The molecule has 0 saturated heterocycles. The van der Waals surface area contributed by atoms with E-state index in [1.54, 1.807) is 0 Å². The van der Waals surface area contributed by atoms with Crippen molar-refractivity contribution in [3.8, 4) is 0 Å². The summed E-state index contributed by atoms with van der Waals surface area (Å²) in [5.41, 5.74) is -0.720. The van der Waals surface area contributed by atoms with E-state index in [4.69, 9.17) is 0 Å². The lowest BCUT2D eigenvalue weighted by molar-refractivity contribution is -0.121. The van der Waals surface area contributed by atoms with Crippen LogP contribution >= 0.6 is 0 Å². The van der Waals surface area contributed by atoms with Gasteiger partial charge in [-0.3, -0.25) is 0 Å². The molecule has 0 heterocycles. The fourth-order valence-corrected chi connectivity index (χ4v) is 4.35. The molecule has 2 N–H and O–H groups in total. The highest BCUT2D eigenvalue weighted by atomic mass is 16.3. The summed E-state index contributed by atoms with van der Waals surface area (Å²) in [5.74, 6) is 1.18. The molecule has 100 valence electrons. The Balaban J connectivity index is 2.32. The Morgan fingerprint density at radius 2 is 1.82 bits per heavy atom. The van der Waals surface area contributed by atoms with Crippen molar-refractivity contribution in [1.82, 2.24) is 0 Å². The van der Waals surface area contributed by atoms with Crippen molar-refractivity contribution in [2.45, 2.75) is 71.5 Å². The van der Waals surface area contributed by atoms with E-state index in [2.05, 4.69) is 13.8 Å². The van der Waals surface area contributed by atoms with Gasteiger partial charge in [0.05, 0.1) is 11.7 Å². The maximum absolute atomic E-state index is 11.0. The predicted octanol–water partition coefficient (Wildman–Crippen LogP) is 2.97. The maximum Gasteiger partial charge on any atom is 0.0961 e. The second-order valence-electron chi connectivity index (χ2n) is 7.19. The van der Waals surface area contributed by atoms with Crippen LogP contribution < -0.4 is 0 Å². The molecule has 17 heavy (non-hydrogen) atoms. The summed E-state index contributed by atoms with van der Waals surface area (Å²) in [6.45, 7) is 8.68. The average molecular weight is 240 g/mol. The smallest absolute Gasteiger partial charge is 0.0961 e. The van der Waals surface area contributed by atoms with Gasteiger partial charge in [0.25, 0.3) is 0 Å². The molecule has 0 spiro atoms. The van der Waals surface area contributed by atoms with Crippen LogP contribution in [0, 0.1) is 23.2 Å². The lowest BCUT2D eigenvalue weighted by atomic mass is 9.69. The Morgan fingerprint density at radius 3 is 2.41 bits per heavy atom. The van der Waals surface area contributed by atoms with Crippen molar-refractivity contribution < 1.29 is 10.2 Å². The molecular weight excluding hydrogens is 212 g/mol. The molecule has 5 atom stereocenters. The predicted molar refractivity (Wildman–Crippen MR) is 69.6 cm³/mol. The zero-order valence-corrected chi connectivity index (χ0v) is 11.7. The van der Waals surface area contributed by atoms with Gasteiger partial charge in [-0.15, -0.1) is 0 Å². The Bertz CT molecular complexity index is 289. The molecule has 0 unspecified atom stereocenters. The maximum atomic E-state index is 11.0. The fourth-order valence-electron chi connectivity index (χ4n) is 4.35. The van der Waals surface area contributed by atoms with E-state index in [0.29, 0.717) is 0 Å². The van der Waals surface area contributed by atoms with E-state index < -0.39 is 11.7 Å². The van der Waals surface area contributed by atoms with Crippen molar-refractivity contribution in [3.05, 3.63) is 0 Å². The molecule has 0 aliphatic heterocycles. The Kier molecular flexibility index (Phi) is 3.33. The summed E-state index contributed by atoms with van der Waals surface area (Å²) >= 11 is 0. The molecule has 0 aromatic rings. The van der Waals surface area contributed by atoms with Gasteiger partial charge in [-0.1, -0.05) is 40.5 Å². The van der Waals surface area contributed by atoms with E-state index in [1.807, 2.05) is 13.8 Å². The van der Waals surface area contributed by atoms with Gasteiger partial charge in [0.2, 0.25) is 0 Å². The first kappa shape index (κ1) is 13.4. The minimum absolute atomic E-state index is 0.137. The molecular formula is C15H28O2. The first-order valence-electron chi connectivity index (χ1n) is 7.21. The summed E-state index contributed by atoms with van der Waals surface area (Å²) in [5, 5.41) is 21.3. The fraction of sp³-hybridized carbons (Fsp3) is 1.00. The average Bonchev–Trinajstić information content (AvgIpc) is 2.35. The molecule has 2 heteroatoms. The minimum Gasteiger partial charge on any atom is -0.390 e. The van der Waals surface area contributed by atoms with E-state index >= 15 is 0 Å². The highest BCUT2D eigenvalue weighted by molar-refractivity contribution is 5.10. The first-order chi connectivity index (χ1) is 7.80. The Morgan fingerprint density at radius 1 is 1.18 bits per heavy atom. The van der Waals surface area contributed by atoms with Crippen molar-refractivity contribution in [2.24, 2.45) is 23.2 Å². The monoisotopic (exact) mass is 240 g/mol. The third-order valence-electron chi connectivity index (χ3n) is 5.67. The van der Waals surface area contributed by atoms with Crippen LogP contribution in [0.1, 0.15) is 59.8 Å². The number of hydrogen-bond acceptors (Lipinski definition) is 2. The van der Waals surface area contributed by atoms with Crippen LogP contribution in [0.15, 0.2) is 0 Å². The molecule has 2 nitrogen and oxygen atoms in total. The van der Waals surface area contributed by atoms with Gasteiger partial charge in [0.1, 0.15) is 0 Å². The van der Waals surface area contributed by atoms with Crippen molar-refractivity contribution in [3.63, 3.8) is 0 Å². The number of hydrogen-bond donors (Lipinski definition) is 2. The molecule has 2 aliphatic rings. The number of rotatable bonds is 1. The van der Waals surface area contributed by atoms with Crippen LogP contribution in [0.4, 0.5) is 0 Å². The number of aliphatic hydroxyl groups is 2. The van der Waals surface area contributed by atoms with Crippen LogP contribution in [0.25, 0.3) is 0 Å². The van der Waals surface area contributed by atoms with Gasteiger partial charge in [-0.2, -0.15) is 0 Å². The topological polar surface area (TPSA) is 40.5 Å². The van der Waals surface area contributed by atoms with Gasteiger partial charge >= 0.3 is 0 Å². The van der Waals surface area contributed by atoms with Crippen LogP contribution in [-0.2, 0) is 0 Å². The zero-order valence-electron chi connectivity index (χ0n) is 11.7. The Labute approximate surface area is 105 Å². The Hall–Kier alpha value is -0.0800. The van der Waals surface area contributed by atoms with Crippen molar-refractivity contribution in [2.75, 3.05) is 0 Å². The SMILES string of the molecule is CC(C)[C@]1(O)[C@@H](O)C[C@]2(C)CC[C@H](C)CC[C@@H]21. The lowest BCUT2D eigenvalue weighted by Crippen LogP contribution is -2.49. The van der Waals surface area contributed by atoms with Gasteiger partial charge in [-0.25, -0.2) is 0 Å². The van der Waals surface area contributed by atoms with E-state index in [-0.39, 0.29) is 17.3 Å². The highest BCUT2D eigenvalue weighted by Crippen LogP contribution is 2.58. The molecule has 2 rings (SSSR count). The van der Waals surface area contributed by atoms with Crippen LogP contribution in [0.2, 0.25) is 0 Å². The largest absolute Gasteiger partial charge is 0.390 e. The van der Waals surface area contributed by atoms with E-state index in [9.17, 15) is 10.2 Å². The summed E-state index contributed by atoms with van der Waals surface area (Å²) in [4.78, 5) is 0. The molecule has 0 radical (unpaired) electrons. The molecule has 2 saturated carbocycles. The summed E-state index contributed by atoms with van der Waals surface area (Å²) in [7, 11) is 0. The number of aliphatic hydroxyl groups excluding tert-OH is 1. The summed E-state index contributed by atoms with van der Waals surface area (Å²) < 4.78 is 0. The molecule has 2 aliphatic carbocycles. The standard InChI is InChI=1S/C15H28O2/c1-10(2)15(17)12-6-5-11(3)7-8-14(12,4)9-13(15)16/h10-13,16-17H,5-9H2,1-4H3/t11-,12+,13+,14+,15-/m1/s1. The molecule has 0 aromatic carbocycles. The van der Waals surface area contributed by atoms with Gasteiger partial charge < -0.3 is 10.2 Å². The first-order valence-corrected chi connectivity index (χ1v) is 7.21.